The molecule has 2 amide bonds. The number of carboxylic acid groups (broad SMARTS) is 2. The molecule has 2 aliphatic heterocycles. The molecule has 6 atom stereocenters. The van der Waals surface area contributed by atoms with Crippen LogP contribution in [0.5, 0.6) is 0 Å². The first kappa shape index (κ1) is 24.7. The number of aliphatic carboxylic acids is 2. The number of anilines is 2. The van der Waals surface area contributed by atoms with Gasteiger partial charge in [0, 0.05) is 24.2 Å². The van der Waals surface area contributed by atoms with Crippen molar-refractivity contribution in [3.8, 4) is 0 Å². The SMILES string of the molecule is O=C(O)C(=O)Nc1ccccc1N(C(=O)C(=O)O)[C@H]1C[C@H]2CCC[C@@H](C1)N2[C@H]1C[C@@H]2CCC[C@@H](C2)C1. The molecule has 2 saturated carbocycles. The maximum atomic E-state index is 13.0. The smallest absolute Gasteiger partial charge is 0.394 e. The van der Waals surface area contributed by atoms with Crippen LogP contribution >= 0.6 is 0 Å². The predicted molar refractivity (Wildman–Crippen MR) is 133 cm³/mol. The molecule has 5 rings (SSSR count). The molecule has 194 valence electrons. The Morgan fingerprint density at radius 1 is 0.778 bits per heavy atom. The molecule has 9 heteroatoms. The Morgan fingerprint density at radius 2 is 1.39 bits per heavy atom. The summed E-state index contributed by atoms with van der Waals surface area (Å²) in [6, 6.07) is 7.14. The van der Waals surface area contributed by atoms with Gasteiger partial charge in [0.05, 0.1) is 11.4 Å². The third-order valence-corrected chi connectivity index (χ3v) is 8.90. The van der Waals surface area contributed by atoms with E-state index in [0.717, 1.165) is 31.1 Å². The first-order chi connectivity index (χ1) is 17.3. The Bertz CT molecular complexity index is 1020. The fraction of sp³-hybridized carbons (Fsp3) is 0.630. The molecule has 2 aliphatic carbocycles. The van der Waals surface area contributed by atoms with Gasteiger partial charge in [-0.1, -0.05) is 37.8 Å². The van der Waals surface area contributed by atoms with Crippen LogP contribution in [0.25, 0.3) is 0 Å². The Kier molecular flexibility index (Phi) is 7.01. The zero-order chi connectivity index (χ0) is 25.4. The Hall–Kier alpha value is -2.94. The number of hydrogen-bond donors (Lipinski definition) is 3. The van der Waals surface area contributed by atoms with Crippen molar-refractivity contribution in [2.75, 3.05) is 10.2 Å². The summed E-state index contributed by atoms with van der Waals surface area (Å²) in [4.78, 5) is 52.0. The van der Waals surface area contributed by atoms with E-state index in [4.69, 9.17) is 5.11 Å². The summed E-state index contributed by atoms with van der Waals surface area (Å²) in [6.07, 6.45) is 12.4. The highest BCUT2D eigenvalue weighted by Crippen LogP contribution is 2.47. The Labute approximate surface area is 210 Å². The summed E-state index contributed by atoms with van der Waals surface area (Å²) < 4.78 is 0. The summed E-state index contributed by atoms with van der Waals surface area (Å²) in [5, 5.41) is 21.0. The Balaban J connectivity index is 1.42. The lowest BCUT2D eigenvalue weighted by molar-refractivity contribution is -0.149. The van der Waals surface area contributed by atoms with Gasteiger partial charge in [0.2, 0.25) is 0 Å². The first-order valence-electron chi connectivity index (χ1n) is 13.3. The third kappa shape index (κ3) is 4.85. The molecular formula is C27H35N3O6. The van der Waals surface area contributed by atoms with Gasteiger partial charge in [0.25, 0.3) is 0 Å². The first-order valence-corrected chi connectivity index (χ1v) is 13.3. The van der Waals surface area contributed by atoms with E-state index in [1.54, 1.807) is 18.2 Å². The van der Waals surface area contributed by atoms with Crippen molar-refractivity contribution in [2.24, 2.45) is 11.8 Å². The number of nitrogens with one attached hydrogen (secondary N) is 1. The molecular weight excluding hydrogens is 462 g/mol. The van der Waals surface area contributed by atoms with Crippen LogP contribution < -0.4 is 10.2 Å². The van der Waals surface area contributed by atoms with Gasteiger partial charge < -0.3 is 15.5 Å². The van der Waals surface area contributed by atoms with Gasteiger partial charge >= 0.3 is 23.8 Å². The van der Waals surface area contributed by atoms with Crippen LogP contribution in [-0.4, -0.2) is 63.0 Å². The number of benzene rings is 1. The Morgan fingerprint density at radius 3 is 2.00 bits per heavy atom. The maximum Gasteiger partial charge on any atom is 0.394 e. The van der Waals surface area contributed by atoms with Crippen molar-refractivity contribution in [1.29, 1.82) is 0 Å². The second-order valence-electron chi connectivity index (χ2n) is 11.1. The van der Waals surface area contributed by atoms with Crippen LogP contribution in [-0.2, 0) is 19.2 Å². The average Bonchev–Trinajstić information content (AvgIpc) is 2.84. The summed E-state index contributed by atoms with van der Waals surface area (Å²) in [5.41, 5.74) is 0.343. The number of rotatable bonds is 4. The van der Waals surface area contributed by atoms with Gasteiger partial charge in [0.1, 0.15) is 0 Å². The van der Waals surface area contributed by atoms with E-state index in [9.17, 15) is 24.3 Å². The molecule has 2 heterocycles. The van der Waals surface area contributed by atoms with Crippen LogP contribution in [0.3, 0.4) is 0 Å². The molecule has 1 aromatic carbocycles. The molecule has 36 heavy (non-hydrogen) atoms. The van der Waals surface area contributed by atoms with Crippen molar-refractivity contribution < 1.29 is 29.4 Å². The zero-order valence-corrected chi connectivity index (χ0v) is 20.5. The lowest BCUT2D eigenvalue weighted by Gasteiger charge is -2.56. The number of fused-ring (bicyclic) bond motifs is 4. The highest BCUT2D eigenvalue weighted by Gasteiger charge is 2.47. The predicted octanol–water partition coefficient (Wildman–Crippen LogP) is 3.48. The second-order valence-corrected chi connectivity index (χ2v) is 11.1. The lowest BCUT2D eigenvalue weighted by Crippen LogP contribution is -2.62. The van der Waals surface area contributed by atoms with Crippen molar-refractivity contribution >= 4 is 35.1 Å². The standard InChI is InChI=1S/C27H35N3O6/c31-24(26(33)34)28-22-9-1-2-10-23(22)30(25(32)27(35)36)21-14-18-7-4-8-19(15-21)29(18)20-12-16-5-3-6-17(11-16)13-20/h1-2,9-10,16-21H,3-8,11-15H2,(H,28,31)(H,33,34)(H,35,36)/t16-,17+,18-,19+,20+,21+. The third-order valence-electron chi connectivity index (χ3n) is 8.90. The van der Waals surface area contributed by atoms with Crippen molar-refractivity contribution in [3.05, 3.63) is 24.3 Å². The van der Waals surface area contributed by atoms with E-state index in [1.807, 2.05) is 0 Å². The topological polar surface area (TPSA) is 127 Å². The van der Waals surface area contributed by atoms with Crippen LogP contribution in [0.2, 0.25) is 0 Å². The molecule has 4 aliphatic rings. The molecule has 4 bridgehead atoms. The van der Waals surface area contributed by atoms with E-state index >= 15 is 0 Å². The van der Waals surface area contributed by atoms with Gasteiger partial charge in [0.15, 0.2) is 0 Å². The fourth-order valence-corrected chi connectivity index (χ4v) is 7.68. The van der Waals surface area contributed by atoms with Crippen molar-refractivity contribution in [2.45, 2.75) is 94.8 Å². The quantitative estimate of drug-likeness (QED) is 0.544. The molecule has 1 aromatic rings. The van der Waals surface area contributed by atoms with Gasteiger partial charge in [-0.25, -0.2) is 9.59 Å². The average molecular weight is 498 g/mol. The highest BCUT2D eigenvalue weighted by atomic mass is 16.4. The molecule has 0 spiro atoms. The normalized spacial score (nSPS) is 31.8. The van der Waals surface area contributed by atoms with E-state index in [2.05, 4.69) is 10.2 Å². The van der Waals surface area contributed by atoms with Gasteiger partial charge in [-0.2, -0.15) is 0 Å². The fourth-order valence-electron chi connectivity index (χ4n) is 7.68. The monoisotopic (exact) mass is 497 g/mol. The van der Waals surface area contributed by atoms with Gasteiger partial charge in [-0.15, -0.1) is 0 Å². The van der Waals surface area contributed by atoms with E-state index in [-0.39, 0.29) is 29.5 Å². The highest BCUT2D eigenvalue weighted by molar-refractivity contribution is 6.39. The van der Waals surface area contributed by atoms with Crippen LogP contribution in [0.1, 0.15) is 70.6 Å². The number of piperidine rings is 2. The minimum absolute atomic E-state index is 0.118. The summed E-state index contributed by atoms with van der Waals surface area (Å²) in [5.74, 6) is -3.88. The number of carbonyl (C=O) groups is 4. The van der Waals surface area contributed by atoms with Gasteiger partial charge in [-0.3, -0.25) is 19.4 Å². The van der Waals surface area contributed by atoms with Crippen LogP contribution in [0.4, 0.5) is 11.4 Å². The molecule has 4 fully saturated rings. The zero-order valence-electron chi connectivity index (χ0n) is 20.5. The van der Waals surface area contributed by atoms with E-state index < -0.39 is 23.8 Å². The molecule has 2 saturated heterocycles. The summed E-state index contributed by atoms with van der Waals surface area (Å²) >= 11 is 0. The van der Waals surface area contributed by atoms with Crippen LogP contribution in [0, 0.1) is 11.8 Å². The minimum atomic E-state index is -1.65. The minimum Gasteiger partial charge on any atom is -0.474 e. The van der Waals surface area contributed by atoms with E-state index in [1.165, 1.54) is 49.5 Å². The lowest BCUT2D eigenvalue weighted by atomic mass is 9.68. The molecule has 3 N–H and O–H groups in total. The molecule has 0 unspecified atom stereocenters. The molecule has 9 nitrogen and oxygen atoms in total. The number of hydrogen-bond acceptors (Lipinski definition) is 5. The van der Waals surface area contributed by atoms with E-state index in [0.29, 0.717) is 18.9 Å². The summed E-state index contributed by atoms with van der Waals surface area (Å²) in [7, 11) is 0. The molecule has 0 aromatic heterocycles. The summed E-state index contributed by atoms with van der Waals surface area (Å²) in [6.45, 7) is 0. The largest absolute Gasteiger partial charge is 0.474 e. The second kappa shape index (κ2) is 10.2. The number of para-hydroxylation sites is 2. The van der Waals surface area contributed by atoms with Gasteiger partial charge in [-0.05, 0) is 68.9 Å². The van der Waals surface area contributed by atoms with Crippen molar-refractivity contribution in [1.82, 2.24) is 4.90 Å². The molecule has 0 radical (unpaired) electrons. The number of nitrogens with zero attached hydrogens (tertiary/aromatic N) is 2. The van der Waals surface area contributed by atoms with Crippen LogP contribution in [0.15, 0.2) is 24.3 Å². The number of carbonyl (C=O) groups excluding carboxylic acids is 2. The van der Waals surface area contributed by atoms with Crippen molar-refractivity contribution in [3.63, 3.8) is 0 Å². The number of carboxylic acids is 2. The number of amides is 2. The maximum absolute atomic E-state index is 13.0.